The second kappa shape index (κ2) is 4.25. The maximum Gasteiger partial charge on any atom is 0.254 e. The van der Waals surface area contributed by atoms with Crippen LogP contribution >= 0.6 is 0 Å². The molecule has 0 spiro atoms. The van der Waals surface area contributed by atoms with E-state index < -0.39 is 0 Å². The van der Waals surface area contributed by atoms with Gasteiger partial charge < -0.3 is 4.90 Å². The summed E-state index contributed by atoms with van der Waals surface area (Å²) in [6.45, 7) is 3.81. The molecule has 1 aromatic carbocycles. The van der Waals surface area contributed by atoms with E-state index in [0.717, 1.165) is 23.8 Å². The number of amides is 1. The molecule has 92 valence electrons. The molecule has 0 bridgehead atoms. The molecule has 0 atom stereocenters. The van der Waals surface area contributed by atoms with E-state index in [1.54, 1.807) is 0 Å². The molecule has 0 N–H and O–H groups in total. The molecule has 0 saturated heterocycles. The quantitative estimate of drug-likeness (QED) is 0.756. The molecule has 1 aliphatic rings. The van der Waals surface area contributed by atoms with Crippen molar-refractivity contribution in [3.05, 3.63) is 47.5 Å². The van der Waals surface area contributed by atoms with E-state index in [9.17, 15) is 4.79 Å². The highest BCUT2D eigenvalue weighted by molar-refractivity contribution is 5.94. The number of carbonyl (C=O) groups is 1. The van der Waals surface area contributed by atoms with Crippen molar-refractivity contribution in [1.82, 2.24) is 19.7 Å². The van der Waals surface area contributed by atoms with Crippen LogP contribution in [0.1, 0.15) is 22.0 Å². The van der Waals surface area contributed by atoms with Crippen molar-refractivity contribution in [2.75, 3.05) is 6.54 Å². The molecule has 0 aliphatic carbocycles. The van der Waals surface area contributed by atoms with Gasteiger partial charge in [0.25, 0.3) is 5.91 Å². The molecule has 5 nitrogen and oxygen atoms in total. The number of nitrogens with zero attached hydrogens (tertiary/aromatic N) is 4. The van der Waals surface area contributed by atoms with E-state index in [-0.39, 0.29) is 5.91 Å². The molecule has 2 aromatic rings. The second-order valence-electron chi connectivity index (χ2n) is 4.39. The van der Waals surface area contributed by atoms with Gasteiger partial charge in [-0.15, -0.1) is 0 Å². The Labute approximate surface area is 105 Å². The molecule has 0 fully saturated rings. The third-order valence-corrected chi connectivity index (χ3v) is 3.08. The van der Waals surface area contributed by atoms with Crippen molar-refractivity contribution < 1.29 is 4.79 Å². The Morgan fingerprint density at radius 1 is 1.22 bits per heavy atom. The van der Waals surface area contributed by atoms with Crippen molar-refractivity contribution in [2.24, 2.45) is 0 Å². The SMILES string of the molecule is Cc1nc2n(n1)CCN(C(=O)c1ccccc1)C2. The van der Waals surface area contributed by atoms with Gasteiger partial charge in [0.2, 0.25) is 0 Å². The minimum absolute atomic E-state index is 0.0579. The van der Waals surface area contributed by atoms with E-state index in [1.807, 2.05) is 46.8 Å². The van der Waals surface area contributed by atoms with Crippen LogP contribution in [0.5, 0.6) is 0 Å². The predicted octanol–water partition coefficient (Wildman–Crippen LogP) is 1.24. The van der Waals surface area contributed by atoms with Crippen molar-refractivity contribution in [1.29, 1.82) is 0 Å². The Morgan fingerprint density at radius 3 is 2.78 bits per heavy atom. The Balaban J connectivity index is 1.82. The molecular formula is C13H14N4O. The molecule has 2 heterocycles. The van der Waals surface area contributed by atoms with Gasteiger partial charge in [-0.1, -0.05) is 18.2 Å². The molecule has 0 saturated carbocycles. The number of fused-ring (bicyclic) bond motifs is 1. The van der Waals surface area contributed by atoms with E-state index >= 15 is 0 Å². The summed E-state index contributed by atoms with van der Waals surface area (Å²) in [6, 6.07) is 9.35. The van der Waals surface area contributed by atoms with Gasteiger partial charge in [0.15, 0.2) is 0 Å². The Kier molecular flexibility index (Phi) is 2.59. The van der Waals surface area contributed by atoms with Crippen LogP contribution < -0.4 is 0 Å². The van der Waals surface area contributed by atoms with E-state index in [0.29, 0.717) is 13.1 Å². The lowest BCUT2D eigenvalue weighted by Gasteiger charge is -2.26. The van der Waals surface area contributed by atoms with Crippen molar-refractivity contribution >= 4 is 5.91 Å². The summed E-state index contributed by atoms with van der Waals surface area (Å²) in [5.74, 6) is 1.68. The first kappa shape index (κ1) is 11.0. The standard InChI is InChI=1S/C13H14N4O/c1-10-14-12-9-16(7-8-17(12)15-10)13(18)11-5-3-2-4-6-11/h2-6H,7-9H2,1H3. The van der Waals surface area contributed by atoms with E-state index in [1.165, 1.54) is 0 Å². The third-order valence-electron chi connectivity index (χ3n) is 3.08. The van der Waals surface area contributed by atoms with Crippen LogP contribution in [0.15, 0.2) is 30.3 Å². The van der Waals surface area contributed by atoms with Crippen molar-refractivity contribution in [3.63, 3.8) is 0 Å². The number of rotatable bonds is 1. The van der Waals surface area contributed by atoms with Crippen molar-refractivity contribution in [2.45, 2.75) is 20.0 Å². The first-order valence-electron chi connectivity index (χ1n) is 5.99. The monoisotopic (exact) mass is 242 g/mol. The lowest BCUT2D eigenvalue weighted by Crippen LogP contribution is -2.38. The van der Waals surface area contributed by atoms with Gasteiger partial charge >= 0.3 is 0 Å². The number of hydrogen-bond acceptors (Lipinski definition) is 3. The average molecular weight is 242 g/mol. The van der Waals surface area contributed by atoms with Crippen molar-refractivity contribution in [3.8, 4) is 0 Å². The number of benzene rings is 1. The maximum atomic E-state index is 12.3. The molecule has 1 aliphatic heterocycles. The summed E-state index contributed by atoms with van der Waals surface area (Å²) < 4.78 is 1.88. The topological polar surface area (TPSA) is 51.0 Å². The minimum Gasteiger partial charge on any atom is -0.329 e. The molecule has 3 rings (SSSR count). The highest BCUT2D eigenvalue weighted by Gasteiger charge is 2.23. The second-order valence-corrected chi connectivity index (χ2v) is 4.39. The Bertz CT molecular complexity index is 576. The lowest BCUT2D eigenvalue weighted by atomic mass is 10.2. The summed E-state index contributed by atoms with van der Waals surface area (Å²) in [4.78, 5) is 18.4. The fraction of sp³-hybridized carbons (Fsp3) is 0.308. The molecule has 18 heavy (non-hydrogen) atoms. The number of hydrogen-bond donors (Lipinski definition) is 0. The summed E-state index contributed by atoms with van der Waals surface area (Å²) in [5.41, 5.74) is 0.724. The van der Waals surface area contributed by atoms with Crippen LogP contribution in [0.25, 0.3) is 0 Å². The fourth-order valence-electron chi connectivity index (χ4n) is 2.20. The van der Waals surface area contributed by atoms with Crippen LogP contribution in [0.2, 0.25) is 0 Å². The first-order valence-corrected chi connectivity index (χ1v) is 5.99. The summed E-state index contributed by atoms with van der Waals surface area (Å²) in [6.07, 6.45) is 0. The van der Waals surface area contributed by atoms with Gasteiger partial charge in [-0.05, 0) is 19.1 Å². The maximum absolute atomic E-state index is 12.3. The molecular weight excluding hydrogens is 228 g/mol. The van der Waals surface area contributed by atoms with Gasteiger partial charge in [0.1, 0.15) is 11.6 Å². The Morgan fingerprint density at radius 2 is 2.00 bits per heavy atom. The van der Waals surface area contributed by atoms with Crippen LogP contribution in [0, 0.1) is 6.92 Å². The summed E-state index contributed by atoms with van der Waals surface area (Å²) in [7, 11) is 0. The summed E-state index contributed by atoms with van der Waals surface area (Å²) >= 11 is 0. The van der Waals surface area contributed by atoms with Gasteiger partial charge in [-0.25, -0.2) is 9.67 Å². The number of aryl methyl sites for hydroxylation is 1. The molecule has 0 radical (unpaired) electrons. The Hall–Kier alpha value is -2.17. The summed E-state index contributed by atoms with van der Waals surface area (Å²) in [5, 5.41) is 4.29. The van der Waals surface area contributed by atoms with Gasteiger partial charge in [-0.3, -0.25) is 4.79 Å². The van der Waals surface area contributed by atoms with Crippen LogP contribution in [0.4, 0.5) is 0 Å². The number of carbonyl (C=O) groups excluding carboxylic acids is 1. The van der Waals surface area contributed by atoms with Crippen LogP contribution in [-0.2, 0) is 13.1 Å². The molecule has 1 aromatic heterocycles. The molecule has 1 amide bonds. The van der Waals surface area contributed by atoms with Crippen LogP contribution in [0.3, 0.4) is 0 Å². The largest absolute Gasteiger partial charge is 0.329 e. The third kappa shape index (κ3) is 1.88. The fourth-order valence-corrected chi connectivity index (χ4v) is 2.20. The van der Waals surface area contributed by atoms with Crippen LogP contribution in [-0.4, -0.2) is 32.1 Å². The van der Waals surface area contributed by atoms with Gasteiger partial charge in [0.05, 0.1) is 13.1 Å². The van der Waals surface area contributed by atoms with E-state index in [4.69, 9.17) is 0 Å². The first-order chi connectivity index (χ1) is 8.74. The smallest absolute Gasteiger partial charge is 0.254 e. The highest BCUT2D eigenvalue weighted by Crippen LogP contribution is 2.13. The highest BCUT2D eigenvalue weighted by atomic mass is 16.2. The zero-order valence-electron chi connectivity index (χ0n) is 10.2. The van der Waals surface area contributed by atoms with Gasteiger partial charge in [0, 0.05) is 12.1 Å². The zero-order chi connectivity index (χ0) is 12.5. The average Bonchev–Trinajstić information content (AvgIpc) is 2.78. The van der Waals surface area contributed by atoms with Gasteiger partial charge in [-0.2, -0.15) is 5.10 Å². The molecule has 5 heteroatoms. The lowest BCUT2D eigenvalue weighted by molar-refractivity contribution is 0.0702. The molecule has 0 unspecified atom stereocenters. The number of aromatic nitrogens is 3. The minimum atomic E-state index is 0.0579. The van der Waals surface area contributed by atoms with E-state index in [2.05, 4.69) is 10.1 Å². The predicted molar refractivity (Wildman–Crippen MR) is 65.9 cm³/mol. The zero-order valence-corrected chi connectivity index (χ0v) is 10.2. The normalized spacial score (nSPS) is 14.4.